The molecule has 1 aliphatic rings. The first-order chi connectivity index (χ1) is 6.90. The van der Waals surface area contributed by atoms with Crippen LogP contribution >= 0.6 is 0 Å². The molecule has 1 aromatic heterocycles. The number of aliphatic hydroxyl groups excluding tert-OH is 1. The molecule has 0 saturated carbocycles. The van der Waals surface area contributed by atoms with Gasteiger partial charge in [-0.05, 0) is 18.1 Å². The van der Waals surface area contributed by atoms with Crippen LogP contribution in [-0.4, -0.2) is 29.9 Å². The third kappa shape index (κ3) is 2.11. The Kier molecular flexibility index (Phi) is 3.11. The number of rotatable bonds is 4. The summed E-state index contributed by atoms with van der Waals surface area (Å²) in [5.74, 6) is 0.838. The summed E-state index contributed by atoms with van der Waals surface area (Å²) < 4.78 is 5.12. The van der Waals surface area contributed by atoms with Crippen LogP contribution in [0.1, 0.15) is 17.9 Å². The average Bonchev–Trinajstić information content (AvgIpc) is 2.18. The van der Waals surface area contributed by atoms with Gasteiger partial charge in [-0.15, -0.1) is 0 Å². The molecule has 0 radical (unpaired) electrons. The summed E-state index contributed by atoms with van der Waals surface area (Å²) >= 11 is 0. The van der Waals surface area contributed by atoms with Gasteiger partial charge in [0.25, 0.3) is 0 Å². The second-order valence-corrected chi connectivity index (χ2v) is 3.81. The molecule has 3 heteroatoms. The van der Waals surface area contributed by atoms with Crippen molar-refractivity contribution in [2.24, 2.45) is 5.92 Å². The average molecular weight is 193 g/mol. The van der Waals surface area contributed by atoms with E-state index < -0.39 is 0 Å². The van der Waals surface area contributed by atoms with E-state index in [0.29, 0.717) is 5.92 Å². The van der Waals surface area contributed by atoms with E-state index in [2.05, 4.69) is 4.98 Å². The van der Waals surface area contributed by atoms with Crippen LogP contribution in [0.25, 0.3) is 0 Å². The van der Waals surface area contributed by atoms with E-state index in [4.69, 9.17) is 4.74 Å². The molecule has 1 fully saturated rings. The number of hydrogen-bond donors (Lipinski definition) is 1. The summed E-state index contributed by atoms with van der Waals surface area (Å²) in [6, 6.07) is 3.93. The number of nitrogens with zero attached hydrogens (tertiary/aromatic N) is 1. The first kappa shape index (κ1) is 9.62. The van der Waals surface area contributed by atoms with Crippen LogP contribution in [0.5, 0.6) is 0 Å². The summed E-state index contributed by atoms with van der Waals surface area (Å²) in [6.45, 7) is 1.88. The van der Waals surface area contributed by atoms with E-state index >= 15 is 0 Å². The van der Waals surface area contributed by atoms with Gasteiger partial charge in [-0.3, -0.25) is 4.98 Å². The molecule has 0 aliphatic carbocycles. The fourth-order valence-corrected chi connectivity index (χ4v) is 1.76. The normalized spacial score (nSPS) is 18.9. The van der Waals surface area contributed by atoms with E-state index in [9.17, 15) is 5.11 Å². The van der Waals surface area contributed by atoms with Crippen molar-refractivity contribution in [3.05, 3.63) is 30.1 Å². The van der Waals surface area contributed by atoms with Gasteiger partial charge in [-0.2, -0.15) is 0 Å². The SMILES string of the molecule is OCC(CC1COC1)c1cccnc1. The summed E-state index contributed by atoms with van der Waals surface area (Å²) in [4.78, 5) is 4.06. The maximum atomic E-state index is 9.28. The van der Waals surface area contributed by atoms with Gasteiger partial charge in [0, 0.05) is 30.8 Å². The van der Waals surface area contributed by atoms with Crippen LogP contribution in [0.15, 0.2) is 24.5 Å². The number of aromatic nitrogens is 1. The van der Waals surface area contributed by atoms with Gasteiger partial charge in [-0.25, -0.2) is 0 Å². The third-order valence-electron chi connectivity index (χ3n) is 2.70. The molecule has 1 saturated heterocycles. The van der Waals surface area contributed by atoms with E-state index in [-0.39, 0.29) is 12.5 Å². The molecule has 1 atom stereocenters. The highest BCUT2D eigenvalue weighted by Gasteiger charge is 2.23. The zero-order valence-corrected chi connectivity index (χ0v) is 8.10. The minimum Gasteiger partial charge on any atom is -0.396 e. The lowest BCUT2D eigenvalue weighted by atomic mass is 9.89. The van der Waals surface area contributed by atoms with Crippen molar-refractivity contribution in [3.63, 3.8) is 0 Å². The van der Waals surface area contributed by atoms with Crippen LogP contribution in [-0.2, 0) is 4.74 Å². The quantitative estimate of drug-likeness (QED) is 0.781. The predicted molar refractivity (Wildman–Crippen MR) is 53.0 cm³/mol. The Hall–Kier alpha value is -0.930. The number of hydrogen-bond acceptors (Lipinski definition) is 3. The van der Waals surface area contributed by atoms with Gasteiger partial charge >= 0.3 is 0 Å². The van der Waals surface area contributed by atoms with E-state index in [1.165, 1.54) is 0 Å². The fraction of sp³-hybridized carbons (Fsp3) is 0.545. The molecule has 14 heavy (non-hydrogen) atoms. The molecular weight excluding hydrogens is 178 g/mol. The second-order valence-electron chi connectivity index (χ2n) is 3.81. The number of ether oxygens (including phenoxy) is 1. The maximum absolute atomic E-state index is 9.28. The van der Waals surface area contributed by atoms with Crippen molar-refractivity contribution in [2.45, 2.75) is 12.3 Å². The Morgan fingerprint density at radius 2 is 2.43 bits per heavy atom. The molecule has 0 spiro atoms. The molecule has 0 amide bonds. The van der Waals surface area contributed by atoms with Crippen LogP contribution in [0, 0.1) is 5.92 Å². The Morgan fingerprint density at radius 3 is 2.93 bits per heavy atom. The van der Waals surface area contributed by atoms with Crippen LogP contribution in [0.2, 0.25) is 0 Å². The van der Waals surface area contributed by atoms with Crippen molar-refractivity contribution in [1.29, 1.82) is 0 Å². The van der Waals surface area contributed by atoms with Gasteiger partial charge in [-0.1, -0.05) is 6.07 Å². The lowest BCUT2D eigenvalue weighted by Crippen LogP contribution is -2.29. The van der Waals surface area contributed by atoms with Gasteiger partial charge in [0.1, 0.15) is 0 Å². The van der Waals surface area contributed by atoms with Crippen molar-refractivity contribution >= 4 is 0 Å². The highest BCUT2D eigenvalue weighted by atomic mass is 16.5. The molecule has 2 heterocycles. The zero-order chi connectivity index (χ0) is 9.80. The molecule has 1 aromatic rings. The van der Waals surface area contributed by atoms with Gasteiger partial charge in [0.2, 0.25) is 0 Å². The van der Waals surface area contributed by atoms with Crippen molar-refractivity contribution < 1.29 is 9.84 Å². The number of pyridine rings is 1. The summed E-state index contributed by atoms with van der Waals surface area (Å²) in [5.41, 5.74) is 1.13. The standard InChI is InChI=1S/C11H15NO2/c13-6-11(4-9-7-14-8-9)10-2-1-3-12-5-10/h1-3,5,9,11,13H,4,6-8H2. The first-order valence-corrected chi connectivity index (χ1v) is 4.98. The summed E-state index contributed by atoms with van der Waals surface area (Å²) in [6.07, 6.45) is 4.59. The lowest BCUT2D eigenvalue weighted by Gasteiger charge is -2.29. The first-order valence-electron chi connectivity index (χ1n) is 4.98. The zero-order valence-electron chi connectivity index (χ0n) is 8.10. The van der Waals surface area contributed by atoms with Crippen molar-refractivity contribution in [2.75, 3.05) is 19.8 Å². The van der Waals surface area contributed by atoms with Crippen molar-refractivity contribution in [3.8, 4) is 0 Å². The lowest BCUT2D eigenvalue weighted by molar-refractivity contribution is -0.0405. The molecule has 1 aliphatic heterocycles. The molecule has 1 N–H and O–H groups in total. The summed E-state index contributed by atoms with van der Waals surface area (Å²) in [7, 11) is 0. The molecule has 1 unspecified atom stereocenters. The topological polar surface area (TPSA) is 42.4 Å². The van der Waals surface area contributed by atoms with Crippen LogP contribution in [0.4, 0.5) is 0 Å². The van der Waals surface area contributed by atoms with Gasteiger partial charge < -0.3 is 9.84 Å². The Labute approximate surface area is 83.7 Å². The van der Waals surface area contributed by atoms with Gasteiger partial charge in [0.15, 0.2) is 0 Å². The predicted octanol–water partition coefficient (Wildman–Crippen LogP) is 1.19. The number of aliphatic hydroxyl groups is 1. The molecule has 0 bridgehead atoms. The van der Waals surface area contributed by atoms with E-state index in [1.807, 2.05) is 18.3 Å². The molecular formula is C11H15NO2. The highest BCUT2D eigenvalue weighted by Crippen LogP contribution is 2.26. The largest absolute Gasteiger partial charge is 0.396 e. The van der Waals surface area contributed by atoms with Crippen molar-refractivity contribution in [1.82, 2.24) is 4.98 Å². The van der Waals surface area contributed by atoms with E-state index in [1.54, 1.807) is 6.20 Å². The Morgan fingerprint density at radius 1 is 1.57 bits per heavy atom. The third-order valence-corrected chi connectivity index (χ3v) is 2.70. The van der Waals surface area contributed by atoms with Crippen LogP contribution < -0.4 is 0 Å². The highest BCUT2D eigenvalue weighted by molar-refractivity contribution is 5.14. The minimum atomic E-state index is 0.197. The smallest absolute Gasteiger partial charge is 0.0516 e. The molecule has 3 nitrogen and oxygen atoms in total. The molecule has 2 rings (SSSR count). The molecule has 0 aromatic carbocycles. The fourth-order valence-electron chi connectivity index (χ4n) is 1.76. The molecule has 76 valence electrons. The summed E-state index contributed by atoms with van der Waals surface area (Å²) in [5, 5.41) is 9.28. The minimum absolute atomic E-state index is 0.197. The van der Waals surface area contributed by atoms with Crippen LogP contribution in [0.3, 0.4) is 0 Å². The van der Waals surface area contributed by atoms with Gasteiger partial charge in [0.05, 0.1) is 13.2 Å². The Balaban J connectivity index is 1.98. The monoisotopic (exact) mass is 193 g/mol. The Bertz CT molecular complexity index is 272. The second kappa shape index (κ2) is 4.53. The maximum Gasteiger partial charge on any atom is 0.0516 e. The van der Waals surface area contributed by atoms with E-state index in [0.717, 1.165) is 25.2 Å².